The summed E-state index contributed by atoms with van der Waals surface area (Å²) >= 11 is 0. The van der Waals surface area contributed by atoms with E-state index in [0.29, 0.717) is 5.92 Å². The van der Waals surface area contributed by atoms with Crippen LogP contribution in [0, 0.1) is 11.8 Å². The first-order valence-corrected chi connectivity index (χ1v) is 6.09. The topological polar surface area (TPSA) is 12.0 Å². The predicted molar refractivity (Wildman–Crippen MR) is 65.5 cm³/mol. The molecule has 0 saturated heterocycles. The van der Waals surface area contributed by atoms with Crippen LogP contribution in [0.1, 0.15) is 48.4 Å². The van der Waals surface area contributed by atoms with E-state index in [1.54, 1.807) is 11.1 Å². The molecular weight excluding hydrogens is 170 g/mol. The highest BCUT2D eigenvalue weighted by Gasteiger charge is 2.17. The van der Waals surface area contributed by atoms with Gasteiger partial charge in [-0.15, -0.1) is 0 Å². The molecule has 0 saturated carbocycles. The van der Waals surface area contributed by atoms with E-state index in [1.807, 2.05) is 0 Å². The third-order valence-electron chi connectivity index (χ3n) is 3.43. The van der Waals surface area contributed by atoms with E-state index < -0.39 is 0 Å². The van der Waals surface area contributed by atoms with Crippen molar-refractivity contribution in [3.05, 3.63) is 11.1 Å². The number of rotatable bonds is 3. The highest BCUT2D eigenvalue weighted by atomic mass is 14.9. The van der Waals surface area contributed by atoms with Crippen molar-refractivity contribution < 1.29 is 1.43 Å². The summed E-state index contributed by atoms with van der Waals surface area (Å²) in [5.74, 6) is 1.50. The fourth-order valence-corrected chi connectivity index (χ4v) is 2.29. The molecule has 0 radical (unpaired) electrons. The van der Waals surface area contributed by atoms with E-state index in [2.05, 4.69) is 33.0 Å². The van der Waals surface area contributed by atoms with Crippen LogP contribution >= 0.6 is 0 Å². The molecule has 1 rings (SSSR count). The van der Waals surface area contributed by atoms with Gasteiger partial charge in [0.2, 0.25) is 0 Å². The Morgan fingerprint density at radius 3 is 2.57 bits per heavy atom. The second-order valence-corrected chi connectivity index (χ2v) is 4.79. The van der Waals surface area contributed by atoms with Crippen molar-refractivity contribution in [2.24, 2.45) is 11.8 Å². The Hall–Kier alpha value is -0.300. The average Bonchev–Trinajstić information content (AvgIpc) is 2.41. The highest BCUT2D eigenvalue weighted by Crippen LogP contribution is 2.28. The zero-order chi connectivity index (χ0) is 10.6. The molecule has 1 nitrogen and oxygen atoms in total. The van der Waals surface area contributed by atoms with Gasteiger partial charge in [0.25, 0.3) is 0 Å². The molecule has 1 heterocycles. The summed E-state index contributed by atoms with van der Waals surface area (Å²) in [5.41, 5.74) is 3.42. The zero-order valence-electron chi connectivity index (χ0n) is 10.2. The number of nitrogens with one attached hydrogen (secondary N) is 1. The van der Waals surface area contributed by atoms with Crippen molar-refractivity contribution >= 4 is 0 Å². The van der Waals surface area contributed by atoms with Gasteiger partial charge in [-0.3, -0.25) is 0 Å². The average molecular weight is 197 g/mol. The van der Waals surface area contributed by atoms with Crippen molar-refractivity contribution in [3.63, 3.8) is 0 Å². The van der Waals surface area contributed by atoms with Gasteiger partial charge in [0, 0.05) is 7.97 Å². The van der Waals surface area contributed by atoms with Crippen molar-refractivity contribution in [1.82, 2.24) is 5.32 Å². The summed E-state index contributed by atoms with van der Waals surface area (Å²) in [4.78, 5) is 0. The zero-order valence-corrected chi connectivity index (χ0v) is 10.2. The van der Waals surface area contributed by atoms with Crippen molar-refractivity contribution in [2.45, 2.75) is 47.0 Å². The molecule has 84 valence electrons. The fraction of sp³-hybridized carbons (Fsp3) is 0.846. The van der Waals surface area contributed by atoms with Gasteiger partial charge in [0.15, 0.2) is 0 Å². The molecule has 1 heteroatoms. The number of hydrogen-bond donors (Lipinski definition) is 1. The lowest BCUT2D eigenvalue weighted by molar-refractivity contribution is 0.594. The Balaban J connectivity index is 0.00000196. The molecule has 0 bridgehead atoms. The minimum absolute atomic E-state index is 0. The molecule has 0 aromatic rings. The second kappa shape index (κ2) is 5.55. The molecular formula is C13H27N. The Morgan fingerprint density at radius 1 is 1.29 bits per heavy atom. The Bertz CT molecular complexity index is 209. The van der Waals surface area contributed by atoms with Gasteiger partial charge in [0.1, 0.15) is 0 Å². The Morgan fingerprint density at radius 2 is 2.00 bits per heavy atom. The maximum Gasteiger partial charge on any atom is 0.0169 e. The van der Waals surface area contributed by atoms with E-state index in [1.165, 1.54) is 25.8 Å². The van der Waals surface area contributed by atoms with Crippen LogP contribution in [-0.4, -0.2) is 13.1 Å². The maximum absolute atomic E-state index is 3.53. The lowest BCUT2D eigenvalue weighted by Crippen LogP contribution is -2.19. The summed E-state index contributed by atoms with van der Waals surface area (Å²) < 4.78 is 0. The molecule has 1 N–H and O–H groups in total. The van der Waals surface area contributed by atoms with Gasteiger partial charge in [-0.1, -0.05) is 38.8 Å². The minimum atomic E-state index is 0. The van der Waals surface area contributed by atoms with E-state index in [-0.39, 0.29) is 1.43 Å². The molecule has 0 aromatic heterocycles. The van der Waals surface area contributed by atoms with Crippen molar-refractivity contribution in [3.8, 4) is 0 Å². The molecule has 14 heavy (non-hydrogen) atoms. The van der Waals surface area contributed by atoms with E-state index in [9.17, 15) is 0 Å². The van der Waals surface area contributed by atoms with Crippen LogP contribution in [0.25, 0.3) is 0 Å². The summed E-state index contributed by atoms with van der Waals surface area (Å²) in [6.07, 6.45) is 3.91. The number of hydrogen-bond acceptors (Lipinski definition) is 1. The van der Waals surface area contributed by atoms with Crippen LogP contribution in [0.4, 0.5) is 0 Å². The van der Waals surface area contributed by atoms with Gasteiger partial charge < -0.3 is 5.32 Å². The maximum atomic E-state index is 3.53. The molecule has 0 fully saturated rings. The van der Waals surface area contributed by atoms with Crippen LogP contribution in [0.3, 0.4) is 0 Å². The van der Waals surface area contributed by atoms with Gasteiger partial charge in [-0.05, 0) is 37.6 Å². The van der Waals surface area contributed by atoms with Crippen LogP contribution in [-0.2, 0) is 0 Å². The lowest BCUT2D eigenvalue weighted by Gasteiger charge is -2.20. The van der Waals surface area contributed by atoms with Crippen LogP contribution in [0.15, 0.2) is 11.1 Å². The normalized spacial score (nSPS) is 21.2. The second-order valence-electron chi connectivity index (χ2n) is 4.79. The molecule has 0 aromatic carbocycles. The van der Waals surface area contributed by atoms with Crippen molar-refractivity contribution in [1.29, 1.82) is 0 Å². The summed E-state index contributed by atoms with van der Waals surface area (Å²) in [5, 5.41) is 3.53. The molecule has 0 spiro atoms. The Kier molecular flexibility index (Phi) is 4.67. The summed E-state index contributed by atoms with van der Waals surface area (Å²) in [6, 6.07) is 0. The standard InChI is InChI=1S/C13H25N.H2/c1-5-11(4)12-7-6-8-14-9-13(12)10(2)3;/h10-11,14H,5-9H2,1-4H3;1H. The van der Waals surface area contributed by atoms with E-state index >= 15 is 0 Å². The highest BCUT2D eigenvalue weighted by molar-refractivity contribution is 5.21. The van der Waals surface area contributed by atoms with Gasteiger partial charge in [-0.25, -0.2) is 0 Å². The monoisotopic (exact) mass is 197 g/mol. The first kappa shape index (κ1) is 11.8. The van der Waals surface area contributed by atoms with Gasteiger partial charge in [-0.2, -0.15) is 0 Å². The van der Waals surface area contributed by atoms with Gasteiger partial charge >= 0.3 is 0 Å². The number of allylic oxidation sites excluding steroid dienone is 1. The smallest absolute Gasteiger partial charge is 0.0169 e. The largest absolute Gasteiger partial charge is 0.313 e. The molecule has 1 aliphatic heterocycles. The van der Waals surface area contributed by atoms with Crippen LogP contribution < -0.4 is 5.32 Å². The quantitative estimate of drug-likeness (QED) is 0.681. The molecule has 0 aliphatic carbocycles. The summed E-state index contributed by atoms with van der Waals surface area (Å²) in [6.45, 7) is 11.6. The van der Waals surface area contributed by atoms with Crippen LogP contribution in [0.5, 0.6) is 0 Å². The Labute approximate surface area is 90.5 Å². The molecule has 1 aliphatic rings. The molecule has 0 amide bonds. The fourth-order valence-electron chi connectivity index (χ4n) is 2.29. The third-order valence-corrected chi connectivity index (χ3v) is 3.43. The van der Waals surface area contributed by atoms with E-state index in [4.69, 9.17) is 0 Å². The first-order chi connectivity index (χ1) is 6.66. The van der Waals surface area contributed by atoms with E-state index in [0.717, 1.165) is 12.5 Å². The van der Waals surface area contributed by atoms with Crippen LogP contribution in [0.2, 0.25) is 0 Å². The minimum Gasteiger partial charge on any atom is -0.313 e. The molecule has 1 atom stereocenters. The van der Waals surface area contributed by atoms with Gasteiger partial charge in [0.05, 0.1) is 0 Å². The lowest BCUT2D eigenvalue weighted by atomic mass is 9.86. The molecule has 1 unspecified atom stereocenters. The predicted octanol–water partition coefficient (Wildman–Crippen LogP) is 3.61. The summed E-state index contributed by atoms with van der Waals surface area (Å²) in [7, 11) is 0. The SMILES string of the molecule is CCC(C)C1=C(C(C)C)CNCCC1.[HH]. The van der Waals surface area contributed by atoms with Crippen molar-refractivity contribution in [2.75, 3.05) is 13.1 Å². The third kappa shape index (κ3) is 2.84. The first-order valence-electron chi connectivity index (χ1n) is 6.09.